The van der Waals surface area contributed by atoms with E-state index in [4.69, 9.17) is 0 Å². The van der Waals surface area contributed by atoms with Gasteiger partial charge in [0.15, 0.2) is 5.82 Å². The van der Waals surface area contributed by atoms with Crippen LogP contribution in [0.4, 0.5) is 21.6 Å². The van der Waals surface area contributed by atoms with Gasteiger partial charge in [-0.2, -0.15) is 5.10 Å². The van der Waals surface area contributed by atoms with Crippen LogP contribution >= 0.6 is 0 Å². The molecule has 3 rings (SSSR count). The zero-order valence-electron chi connectivity index (χ0n) is 12.5. The zero-order valence-corrected chi connectivity index (χ0v) is 12.5. The van der Waals surface area contributed by atoms with Gasteiger partial charge in [0.05, 0.1) is 11.3 Å². The molecule has 116 valence electrons. The van der Waals surface area contributed by atoms with Crippen molar-refractivity contribution in [2.75, 3.05) is 10.6 Å². The average Bonchev–Trinajstić information content (AvgIpc) is 2.95. The summed E-state index contributed by atoms with van der Waals surface area (Å²) in [6.45, 7) is 0. The van der Waals surface area contributed by atoms with Crippen molar-refractivity contribution < 1.29 is 9.18 Å². The quantitative estimate of drug-likeness (QED) is 0.774. The van der Waals surface area contributed by atoms with Crippen molar-refractivity contribution in [2.24, 2.45) is 7.05 Å². The number of aryl methyl sites for hydroxylation is 1. The second-order valence-electron chi connectivity index (χ2n) is 5.01. The highest BCUT2D eigenvalue weighted by molar-refractivity contribution is 6.08. The molecule has 0 atom stereocenters. The molecule has 6 heteroatoms. The zero-order chi connectivity index (χ0) is 16.2. The van der Waals surface area contributed by atoms with Gasteiger partial charge in [0.2, 0.25) is 0 Å². The number of benzene rings is 2. The molecule has 0 spiro atoms. The van der Waals surface area contributed by atoms with Crippen LogP contribution in [0.15, 0.2) is 60.8 Å². The molecular formula is C17H15FN4O. The Labute approximate surface area is 132 Å². The minimum Gasteiger partial charge on any atom is -0.355 e. The first-order chi connectivity index (χ1) is 11.1. The Hall–Kier alpha value is -3.15. The number of anilines is 3. The van der Waals surface area contributed by atoms with Crippen LogP contribution in [0, 0.1) is 5.82 Å². The summed E-state index contributed by atoms with van der Waals surface area (Å²) in [5, 5.41) is 9.98. The molecule has 2 aromatic carbocycles. The Bertz CT molecular complexity index is 827. The summed E-state index contributed by atoms with van der Waals surface area (Å²) in [5.41, 5.74) is 1.81. The number of carbonyl (C=O) groups is 1. The van der Waals surface area contributed by atoms with Crippen LogP contribution in [0.2, 0.25) is 0 Å². The molecule has 0 saturated carbocycles. The van der Waals surface area contributed by atoms with Crippen molar-refractivity contribution >= 4 is 23.1 Å². The Morgan fingerprint density at radius 1 is 1.09 bits per heavy atom. The van der Waals surface area contributed by atoms with Gasteiger partial charge >= 0.3 is 0 Å². The van der Waals surface area contributed by atoms with E-state index < -0.39 is 0 Å². The van der Waals surface area contributed by atoms with Crippen molar-refractivity contribution in [3.8, 4) is 0 Å². The van der Waals surface area contributed by atoms with Crippen LogP contribution in [0.3, 0.4) is 0 Å². The Morgan fingerprint density at radius 3 is 2.52 bits per heavy atom. The molecule has 0 aliphatic heterocycles. The molecule has 2 N–H and O–H groups in total. The number of hydrogen-bond donors (Lipinski definition) is 2. The maximum absolute atomic E-state index is 13.0. The first-order valence-corrected chi connectivity index (χ1v) is 7.04. The van der Waals surface area contributed by atoms with Gasteiger partial charge in [-0.25, -0.2) is 4.39 Å². The number of nitrogens with zero attached hydrogens (tertiary/aromatic N) is 2. The lowest BCUT2D eigenvalue weighted by atomic mass is 10.1. The summed E-state index contributed by atoms with van der Waals surface area (Å²) in [6.07, 6.45) is 1.75. The molecule has 0 aliphatic rings. The molecule has 1 aromatic heterocycles. The number of aromatic nitrogens is 2. The van der Waals surface area contributed by atoms with Gasteiger partial charge in [-0.05, 0) is 36.4 Å². The lowest BCUT2D eigenvalue weighted by Gasteiger charge is -2.11. The number of halogens is 1. The minimum absolute atomic E-state index is 0.270. The van der Waals surface area contributed by atoms with E-state index in [0.717, 1.165) is 0 Å². The van der Waals surface area contributed by atoms with E-state index in [0.29, 0.717) is 22.8 Å². The van der Waals surface area contributed by atoms with Crippen LogP contribution in [-0.2, 0) is 7.05 Å². The summed E-state index contributed by atoms with van der Waals surface area (Å²) >= 11 is 0. The molecule has 0 unspecified atom stereocenters. The smallest absolute Gasteiger partial charge is 0.258 e. The molecule has 1 heterocycles. The largest absolute Gasteiger partial charge is 0.355 e. The summed E-state index contributed by atoms with van der Waals surface area (Å²) < 4.78 is 14.6. The normalized spacial score (nSPS) is 10.3. The van der Waals surface area contributed by atoms with Gasteiger partial charge in [0.25, 0.3) is 5.91 Å². The second kappa shape index (κ2) is 6.31. The van der Waals surface area contributed by atoms with Crippen molar-refractivity contribution in [1.82, 2.24) is 9.78 Å². The van der Waals surface area contributed by atoms with Gasteiger partial charge in [0, 0.05) is 25.0 Å². The molecule has 0 bridgehead atoms. The molecule has 5 nitrogen and oxygen atoms in total. The Balaban J connectivity index is 1.82. The van der Waals surface area contributed by atoms with E-state index in [1.165, 1.54) is 12.1 Å². The number of rotatable bonds is 4. The first-order valence-electron chi connectivity index (χ1n) is 7.04. The molecule has 1 amide bonds. The summed E-state index contributed by atoms with van der Waals surface area (Å²) in [6, 6.07) is 14.8. The summed E-state index contributed by atoms with van der Waals surface area (Å²) in [5.74, 6) is -0.0975. The van der Waals surface area contributed by atoms with Crippen molar-refractivity contribution in [2.45, 2.75) is 0 Å². The Kier molecular flexibility index (Phi) is 4.05. The topological polar surface area (TPSA) is 59.0 Å². The fraction of sp³-hybridized carbons (Fsp3) is 0.0588. The third-order valence-electron chi connectivity index (χ3n) is 3.25. The van der Waals surface area contributed by atoms with Crippen LogP contribution in [0.25, 0.3) is 0 Å². The standard InChI is InChI=1S/C17H15FN4O/c1-22-11-10-16(21-22)20-17(23)14-4-2-3-5-15(14)19-13-8-6-12(18)7-9-13/h2-11,19H,1H3,(H,20,21,23). The molecule has 0 saturated heterocycles. The van der Waals surface area contributed by atoms with Gasteiger partial charge in [-0.3, -0.25) is 9.48 Å². The highest BCUT2D eigenvalue weighted by Crippen LogP contribution is 2.22. The number of carbonyl (C=O) groups excluding carboxylic acids is 1. The van der Waals surface area contributed by atoms with Crippen molar-refractivity contribution in [1.29, 1.82) is 0 Å². The van der Waals surface area contributed by atoms with Gasteiger partial charge in [0.1, 0.15) is 5.82 Å². The molecular weight excluding hydrogens is 295 g/mol. The summed E-state index contributed by atoms with van der Waals surface area (Å²) in [4.78, 5) is 12.4. The van der Waals surface area contributed by atoms with E-state index >= 15 is 0 Å². The predicted octanol–water partition coefficient (Wildman–Crippen LogP) is 3.56. The van der Waals surface area contributed by atoms with Gasteiger partial charge in [-0.1, -0.05) is 12.1 Å². The van der Waals surface area contributed by atoms with Crippen LogP contribution in [0.1, 0.15) is 10.4 Å². The van der Waals surface area contributed by atoms with Crippen LogP contribution in [0.5, 0.6) is 0 Å². The van der Waals surface area contributed by atoms with Gasteiger partial charge in [-0.15, -0.1) is 0 Å². The predicted molar refractivity (Wildman–Crippen MR) is 87.3 cm³/mol. The lowest BCUT2D eigenvalue weighted by molar-refractivity contribution is 0.102. The minimum atomic E-state index is -0.309. The molecule has 0 fully saturated rings. The van der Waals surface area contributed by atoms with Crippen molar-refractivity contribution in [3.63, 3.8) is 0 Å². The molecule has 0 radical (unpaired) electrons. The fourth-order valence-corrected chi connectivity index (χ4v) is 2.14. The van der Waals surface area contributed by atoms with E-state index in [2.05, 4.69) is 15.7 Å². The third-order valence-corrected chi connectivity index (χ3v) is 3.25. The van der Waals surface area contributed by atoms with E-state index in [1.807, 2.05) is 6.07 Å². The van der Waals surface area contributed by atoms with Crippen LogP contribution in [-0.4, -0.2) is 15.7 Å². The SMILES string of the molecule is Cn1ccc(NC(=O)c2ccccc2Nc2ccc(F)cc2)n1. The van der Waals surface area contributed by atoms with E-state index in [9.17, 15) is 9.18 Å². The van der Waals surface area contributed by atoms with Crippen LogP contribution < -0.4 is 10.6 Å². The Morgan fingerprint density at radius 2 is 1.83 bits per heavy atom. The molecule has 0 aliphatic carbocycles. The highest BCUT2D eigenvalue weighted by Gasteiger charge is 2.12. The highest BCUT2D eigenvalue weighted by atomic mass is 19.1. The van der Waals surface area contributed by atoms with E-state index in [1.54, 1.807) is 54.3 Å². The average molecular weight is 310 g/mol. The number of para-hydroxylation sites is 1. The summed E-state index contributed by atoms with van der Waals surface area (Å²) in [7, 11) is 1.78. The van der Waals surface area contributed by atoms with Gasteiger partial charge < -0.3 is 10.6 Å². The van der Waals surface area contributed by atoms with E-state index in [-0.39, 0.29) is 11.7 Å². The number of amides is 1. The number of nitrogens with one attached hydrogen (secondary N) is 2. The number of hydrogen-bond acceptors (Lipinski definition) is 3. The molecule has 23 heavy (non-hydrogen) atoms. The second-order valence-corrected chi connectivity index (χ2v) is 5.01. The lowest BCUT2D eigenvalue weighted by Crippen LogP contribution is -2.14. The third kappa shape index (κ3) is 3.55. The molecule has 3 aromatic rings. The van der Waals surface area contributed by atoms with Crippen molar-refractivity contribution in [3.05, 3.63) is 72.2 Å². The maximum atomic E-state index is 13.0. The fourth-order valence-electron chi connectivity index (χ4n) is 2.14. The first kappa shape index (κ1) is 14.8. The monoisotopic (exact) mass is 310 g/mol. The maximum Gasteiger partial charge on any atom is 0.258 e.